The summed E-state index contributed by atoms with van der Waals surface area (Å²) in [5, 5.41) is 42.4. The van der Waals surface area contributed by atoms with Crippen molar-refractivity contribution in [3.63, 3.8) is 0 Å². The van der Waals surface area contributed by atoms with Gasteiger partial charge in [-0.3, -0.25) is 24.0 Å². The fourth-order valence-corrected chi connectivity index (χ4v) is 7.36. The molecule has 1 unspecified atom stereocenters. The molecule has 0 amide bonds. The molecule has 0 saturated carbocycles. The first-order valence-electron chi connectivity index (χ1n) is 17.1. The number of benzene rings is 2. The van der Waals surface area contributed by atoms with Crippen LogP contribution in [-0.2, 0) is 44.5 Å². The molecule has 51 heavy (non-hydrogen) atoms. The van der Waals surface area contributed by atoms with Crippen LogP contribution in [-0.4, -0.2) is 105 Å². The van der Waals surface area contributed by atoms with E-state index >= 15 is 0 Å². The third kappa shape index (κ3) is 7.34. The molecule has 0 spiro atoms. The topological polar surface area (TPSA) is 212 Å². The fourth-order valence-electron chi connectivity index (χ4n) is 7.36. The third-order valence-electron chi connectivity index (χ3n) is 10.0. The zero-order chi connectivity index (χ0) is 36.9. The smallest absolute Gasteiger partial charge is 0.306 e. The van der Waals surface area contributed by atoms with Gasteiger partial charge in [0.15, 0.2) is 29.4 Å². The van der Waals surface area contributed by atoms with Gasteiger partial charge in [-0.1, -0.05) is 12.1 Å². The molecule has 4 N–H and O–H groups in total. The average molecular weight is 711 g/mol. The quantitative estimate of drug-likeness (QED) is 0.251. The molecule has 4 aliphatic rings. The van der Waals surface area contributed by atoms with Gasteiger partial charge in [-0.05, 0) is 45.4 Å². The van der Waals surface area contributed by atoms with Crippen molar-refractivity contribution in [3.05, 3.63) is 57.6 Å². The molecule has 3 heterocycles. The zero-order valence-electron chi connectivity index (χ0n) is 28.7. The number of phenols is 2. The van der Waals surface area contributed by atoms with Crippen molar-refractivity contribution >= 4 is 29.1 Å². The van der Waals surface area contributed by atoms with E-state index < -0.39 is 90.1 Å². The van der Waals surface area contributed by atoms with Crippen LogP contribution < -0.4 is 0 Å². The second-order valence-electron chi connectivity index (χ2n) is 14.1. The number of ether oxygens (including phenoxy) is 5. The van der Waals surface area contributed by atoms with E-state index in [9.17, 15) is 39.3 Å². The molecule has 2 aromatic rings. The molecule has 14 heteroatoms. The first-order chi connectivity index (χ1) is 24.0. The SMILES string of the molecule is C[C@@H]1OC[C@@H](O[C@@H]2C[C@H](c3ccc4c(c3O)C(=O)c3ccc(CC(C)(O)CC(=O)O)c(O)c3C4=O)O[C@H](C)[C@H]2O[C@H]2CCC(=O)[C@H](C)O2)CC1=O. The summed E-state index contributed by atoms with van der Waals surface area (Å²) in [6.45, 7) is 6.55. The lowest BCUT2D eigenvalue weighted by molar-refractivity contribution is -0.276. The number of aliphatic hydroxyl groups is 1. The van der Waals surface area contributed by atoms with Gasteiger partial charge >= 0.3 is 5.97 Å². The normalized spacial score (nSPS) is 30.8. The summed E-state index contributed by atoms with van der Waals surface area (Å²) < 4.78 is 30.5. The molecule has 0 radical (unpaired) electrons. The molecule has 274 valence electrons. The molecule has 0 bridgehead atoms. The lowest BCUT2D eigenvalue weighted by Gasteiger charge is -2.44. The summed E-state index contributed by atoms with van der Waals surface area (Å²) >= 11 is 0. The predicted octanol–water partition coefficient (Wildman–Crippen LogP) is 3.10. The van der Waals surface area contributed by atoms with Crippen LogP contribution in [0.1, 0.15) is 109 Å². The van der Waals surface area contributed by atoms with Crippen molar-refractivity contribution in [2.24, 2.45) is 0 Å². The van der Waals surface area contributed by atoms with E-state index in [1.165, 1.54) is 31.2 Å². The second-order valence-corrected chi connectivity index (χ2v) is 14.1. The molecule has 6 rings (SSSR count). The van der Waals surface area contributed by atoms with Crippen LogP contribution in [0.15, 0.2) is 24.3 Å². The maximum Gasteiger partial charge on any atom is 0.306 e. The molecule has 3 fully saturated rings. The lowest BCUT2D eigenvalue weighted by Crippen LogP contribution is -2.52. The van der Waals surface area contributed by atoms with E-state index in [2.05, 4.69) is 0 Å². The number of carboxylic acids is 1. The van der Waals surface area contributed by atoms with Crippen molar-refractivity contribution in [2.45, 2.75) is 121 Å². The molecular weight excluding hydrogens is 668 g/mol. The van der Waals surface area contributed by atoms with Gasteiger partial charge < -0.3 is 44.1 Å². The first-order valence-corrected chi connectivity index (χ1v) is 17.1. The minimum Gasteiger partial charge on any atom is -0.507 e. The van der Waals surface area contributed by atoms with Gasteiger partial charge in [-0.25, -0.2) is 0 Å². The Kier molecular flexibility index (Phi) is 10.2. The highest BCUT2D eigenvalue weighted by Crippen LogP contribution is 2.45. The van der Waals surface area contributed by atoms with E-state index in [-0.39, 0.29) is 77.2 Å². The predicted molar refractivity (Wildman–Crippen MR) is 175 cm³/mol. The molecule has 3 saturated heterocycles. The number of hydrogen-bond acceptors (Lipinski definition) is 13. The number of ketones is 4. The number of rotatable bonds is 9. The molecule has 0 aromatic heterocycles. The van der Waals surface area contributed by atoms with Crippen molar-refractivity contribution in [1.82, 2.24) is 0 Å². The number of phenolic OH excluding ortho intramolecular Hbond substituents is 2. The van der Waals surface area contributed by atoms with Gasteiger partial charge in [0.1, 0.15) is 29.8 Å². The van der Waals surface area contributed by atoms with Crippen molar-refractivity contribution in [2.75, 3.05) is 6.61 Å². The molecule has 2 aromatic carbocycles. The van der Waals surface area contributed by atoms with E-state index in [1.807, 2.05) is 0 Å². The number of carbonyl (C=O) groups excluding carboxylic acids is 4. The minimum absolute atomic E-state index is 0.0271. The van der Waals surface area contributed by atoms with Crippen molar-refractivity contribution < 1.29 is 68.1 Å². The van der Waals surface area contributed by atoms with E-state index in [0.29, 0.717) is 6.42 Å². The lowest BCUT2D eigenvalue weighted by atomic mass is 9.79. The number of hydrogen-bond donors (Lipinski definition) is 4. The Hall–Kier alpha value is -4.05. The maximum absolute atomic E-state index is 13.9. The first kappa shape index (κ1) is 36.7. The zero-order valence-corrected chi connectivity index (χ0v) is 28.7. The van der Waals surface area contributed by atoms with Gasteiger partial charge in [0.05, 0.1) is 54.2 Å². The summed E-state index contributed by atoms with van der Waals surface area (Å²) in [7, 11) is 0. The Morgan fingerprint density at radius 1 is 0.902 bits per heavy atom. The highest BCUT2D eigenvalue weighted by molar-refractivity contribution is 6.30. The van der Waals surface area contributed by atoms with Crippen LogP contribution in [0.4, 0.5) is 0 Å². The summed E-state index contributed by atoms with van der Waals surface area (Å²) in [4.78, 5) is 63.3. The van der Waals surface area contributed by atoms with Crippen LogP contribution >= 0.6 is 0 Å². The van der Waals surface area contributed by atoms with Crippen LogP contribution in [0.25, 0.3) is 0 Å². The molecular formula is C37H42O14. The van der Waals surface area contributed by atoms with Crippen molar-refractivity contribution in [3.8, 4) is 11.5 Å². The number of aromatic hydroxyl groups is 2. The number of carbonyl (C=O) groups is 5. The van der Waals surface area contributed by atoms with E-state index in [0.717, 1.165) is 0 Å². The number of fused-ring (bicyclic) bond motifs is 2. The van der Waals surface area contributed by atoms with Crippen LogP contribution in [0.2, 0.25) is 0 Å². The highest BCUT2D eigenvalue weighted by atomic mass is 16.7. The number of Topliss-reactive ketones (excluding diaryl/α,β-unsaturated/α-hetero) is 2. The Labute approximate surface area is 293 Å². The summed E-state index contributed by atoms with van der Waals surface area (Å²) in [6, 6.07) is 5.47. The number of carboxylic acid groups (broad SMARTS) is 1. The molecule has 3 aliphatic heterocycles. The summed E-state index contributed by atoms with van der Waals surface area (Å²) in [6.07, 6.45) is -5.44. The summed E-state index contributed by atoms with van der Waals surface area (Å²) in [5.41, 5.74) is -2.34. The van der Waals surface area contributed by atoms with Crippen LogP contribution in [0, 0.1) is 0 Å². The van der Waals surface area contributed by atoms with Crippen LogP contribution in [0.5, 0.6) is 11.5 Å². The van der Waals surface area contributed by atoms with Crippen molar-refractivity contribution in [1.29, 1.82) is 0 Å². The van der Waals surface area contributed by atoms with Gasteiger partial charge in [0, 0.05) is 48.8 Å². The Morgan fingerprint density at radius 3 is 2.22 bits per heavy atom. The second kappa shape index (κ2) is 14.2. The summed E-state index contributed by atoms with van der Waals surface area (Å²) in [5.74, 6) is -3.87. The Morgan fingerprint density at radius 2 is 1.57 bits per heavy atom. The standard InChI is InChI=1S/C37H42O14/c1-16-25(39)11-20(15-47-16)50-27-12-26(48-18(3)36(27)51-29-10-9-24(38)17(2)49-29)21-7-8-23-31(33(21)43)35(45)22-6-5-19(32(42)30(22)34(23)44)13-37(4,46)14-28(40)41/h5-8,16-18,20,26-27,29,36,42-43,46H,9-15H2,1-4H3,(H,40,41)/t16-,17-,18+,20-,26+,27+,29-,36+,37?/m0/s1. The Balaban J connectivity index is 1.28. The third-order valence-corrected chi connectivity index (χ3v) is 10.0. The minimum atomic E-state index is -1.74. The Bertz CT molecular complexity index is 1760. The average Bonchev–Trinajstić information content (AvgIpc) is 3.05. The van der Waals surface area contributed by atoms with E-state index in [1.54, 1.807) is 20.8 Å². The molecule has 9 atom stereocenters. The highest BCUT2D eigenvalue weighted by Gasteiger charge is 2.45. The van der Waals surface area contributed by atoms with Crippen LogP contribution in [0.3, 0.4) is 0 Å². The van der Waals surface area contributed by atoms with Gasteiger partial charge in [0.25, 0.3) is 0 Å². The van der Waals surface area contributed by atoms with Gasteiger partial charge in [-0.2, -0.15) is 0 Å². The largest absolute Gasteiger partial charge is 0.507 e. The maximum atomic E-state index is 13.9. The van der Waals surface area contributed by atoms with E-state index in [4.69, 9.17) is 28.8 Å². The fraction of sp³-hybridized carbons (Fsp3) is 0.541. The monoisotopic (exact) mass is 710 g/mol. The number of aliphatic carboxylic acids is 1. The molecule has 14 nitrogen and oxygen atoms in total. The van der Waals surface area contributed by atoms with Gasteiger partial charge in [-0.15, -0.1) is 0 Å². The molecule has 1 aliphatic carbocycles. The van der Waals surface area contributed by atoms with Gasteiger partial charge in [0.2, 0.25) is 0 Å².